The van der Waals surface area contributed by atoms with Crippen molar-refractivity contribution < 1.29 is 8.42 Å². The largest absolute Gasteiger partial charge is 0.369 e. The fourth-order valence-electron chi connectivity index (χ4n) is 2.90. The Morgan fingerprint density at radius 1 is 1.38 bits per heavy atom. The molecule has 2 rings (SSSR count). The number of nitrogens with zero attached hydrogens (tertiary/aromatic N) is 2. The minimum atomic E-state index is -3.56. The van der Waals surface area contributed by atoms with Crippen molar-refractivity contribution in [2.45, 2.75) is 57.0 Å². The average molecular weight is 376 g/mol. The molecular weight excluding hydrogens is 354 g/mol. The Hall–Kier alpha value is -0.660. The summed E-state index contributed by atoms with van der Waals surface area (Å²) in [6, 6.07) is 1.67. The smallest absolute Gasteiger partial charge is 0.247 e. The van der Waals surface area contributed by atoms with Crippen molar-refractivity contribution in [1.29, 1.82) is 0 Å². The van der Waals surface area contributed by atoms with Gasteiger partial charge in [0.05, 0.1) is 0 Å². The number of nitrogens with one attached hydrogen (secondary N) is 1. The summed E-state index contributed by atoms with van der Waals surface area (Å²) in [5, 5.41) is 3.04. The van der Waals surface area contributed by atoms with Gasteiger partial charge in [0.25, 0.3) is 0 Å². The summed E-state index contributed by atoms with van der Waals surface area (Å²) in [6.07, 6.45) is 4.49. The molecule has 0 amide bonds. The van der Waals surface area contributed by atoms with E-state index in [1.807, 2.05) is 20.8 Å². The second-order valence-corrected chi connectivity index (χ2v) is 8.22. The molecule has 1 aromatic rings. The van der Waals surface area contributed by atoms with Gasteiger partial charge in [-0.3, -0.25) is 0 Å². The third-order valence-electron chi connectivity index (χ3n) is 3.83. The van der Waals surface area contributed by atoms with Crippen molar-refractivity contribution in [2.24, 2.45) is 0 Å². The van der Waals surface area contributed by atoms with Gasteiger partial charge in [-0.15, -0.1) is 0 Å². The highest BCUT2D eigenvalue weighted by Crippen LogP contribution is 2.33. The lowest BCUT2D eigenvalue weighted by Gasteiger charge is -2.37. The Balaban J connectivity index is 2.50. The Kier molecular flexibility index (Phi) is 5.27. The second kappa shape index (κ2) is 6.62. The molecule has 1 aliphatic heterocycles. The van der Waals surface area contributed by atoms with Gasteiger partial charge in [-0.1, -0.05) is 6.42 Å². The maximum Gasteiger partial charge on any atom is 0.247 e. The summed E-state index contributed by atoms with van der Waals surface area (Å²) in [5.74, 6) is 0.422. The van der Waals surface area contributed by atoms with Crippen LogP contribution in [0.1, 0.15) is 40.0 Å². The van der Waals surface area contributed by atoms with Gasteiger partial charge in [0.1, 0.15) is 10.7 Å². The molecule has 1 aromatic heterocycles. The topological polar surface area (TPSA) is 62.3 Å². The van der Waals surface area contributed by atoms with Gasteiger partial charge < -0.3 is 5.32 Å². The third-order valence-corrected chi connectivity index (χ3v) is 6.41. The van der Waals surface area contributed by atoms with Crippen molar-refractivity contribution in [3.63, 3.8) is 0 Å². The van der Waals surface area contributed by atoms with Crippen molar-refractivity contribution >= 4 is 31.8 Å². The van der Waals surface area contributed by atoms with Crippen molar-refractivity contribution in [3.05, 3.63) is 16.7 Å². The molecule has 0 bridgehead atoms. The first-order chi connectivity index (χ1) is 9.87. The summed E-state index contributed by atoms with van der Waals surface area (Å²) in [4.78, 5) is 4.46. The van der Waals surface area contributed by atoms with Gasteiger partial charge in [0.2, 0.25) is 10.0 Å². The van der Waals surface area contributed by atoms with Crippen LogP contribution in [0.3, 0.4) is 0 Å². The number of rotatable bonds is 4. The van der Waals surface area contributed by atoms with Crippen LogP contribution < -0.4 is 5.32 Å². The van der Waals surface area contributed by atoms with Crippen LogP contribution in [0.5, 0.6) is 0 Å². The number of hydrogen-bond acceptors (Lipinski definition) is 4. The number of sulfonamides is 1. The zero-order valence-electron chi connectivity index (χ0n) is 12.6. The molecule has 1 N–H and O–H groups in total. The van der Waals surface area contributed by atoms with E-state index in [2.05, 4.69) is 26.2 Å². The first kappa shape index (κ1) is 16.7. The van der Waals surface area contributed by atoms with Gasteiger partial charge in [-0.25, -0.2) is 13.4 Å². The lowest BCUT2D eigenvalue weighted by Crippen LogP contribution is -2.47. The second-order valence-electron chi connectivity index (χ2n) is 5.49. The van der Waals surface area contributed by atoms with E-state index in [0.717, 1.165) is 19.3 Å². The Labute approximate surface area is 135 Å². The Bertz CT molecular complexity index is 596. The standard InChI is InChI=1S/C14H22BrN3O2S/c1-4-16-14-13(8-12(15)9-17-14)21(19,20)18-10(2)6-5-7-11(18)3/h8-11H,4-7H2,1-3H3,(H,16,17)/t10-,11+. The minimum Gasteiger partial charge on any atom is -0.369 e. The summed E-state index contributed by atoms with van der Waals surface area (Å²) in [6.45, 7) is 6.51. The first-order valence-electron chi connectivity index (χ1n) is 7.31. The van der Waals surface area contributed by atoms with Crippen LogP contribution in [0.15, 0.2) is 21.6 Å². The number of hydrogen-bond donors (Lipinski definition) is 1. The molecule has 2 atom stereocenters. The van der Waals surface area contributed by atoms with Crippen LogP contribution >= 0.6 is 15.9 Å². The highest BCUT2D eigenvalue weighted by Gasteiger charge is 2.37. The molecule has 0 unspecified atom stereocenters. The SMILES string of the molecule is CCNc1ncc(Br)cc1S(=O)(=O)N1[C@H](C)CCC[C@@H]1C. The Morgan fingerprint density at radius 3 is 2.57 bits per heavy atom. The van der Waals surface area contributed by atoms with Crippen LogP contribution in [0.25, 0.3) is 0 Å². The summed E-state index contributed by atoms with van der Waals surface area (Å²) in [5.41, 5.74) is 0. The monoisotopic (exact) mass is 375 g/mol. The van der Waals surface area contributed by atoms with Gasteiger partial charge in [0, 0.05) is 29.3 Å². The van der Waals surface area contributed by atoms with Crippen LogP contribution in [-0.2, 0) is 10.0 Å². The molecule has 0 saturated carbocycles. The van der Waals surface area contributed by atoms with Gasteiger partial charge in [0.15, 0.2) is 0 Å². The number of anilines is 1. The predicted octanol–water partition coefficient (Wildman–Crippen LogP) is 3.23. The predicted molar refractivity (Wildman–Crippen MR) is 87.9 cm³/mol. The van der Waals surface area contributed by atoms with E-state index in [1.165, 1.54) is 0 Å². The summed E-state index contributed by atoms with van der Waals surface area (Å²) in [7, 11) is -3.56. The van der Waals surface area contributed by atoms with Crippen molar-refractivity contribution in [1.82, 2.24) is 9.29 Å². The van der Waals surface area contributed by atoms with E-state index in [0.29, 0.717) is 16.8 Å². The maximum atomic E-state index is 13.1. The molecule has 0 aromatic carbocycles. The zero-order valence-corrected chi connectivity index (χ0v) is 15.0. The molecule has 0 aliphatic carbocycles. The summed E-state index contributed by atoms with van der Waals surface area (Å²) >= 11 is 3.32. The molecule has 1 aliphatic rings. The fraction of sp³-hybridized carbons (Fsp3) is 0.643. The van der Waals surface area contributed by atoms with E-state index in [1.54, 1.807) is 16.6 Å². The molecule has 0 radical (unpaired) electrons. The van der Waals surface area contributed by atoms with E-state index < -0.39 is 10.0 Å². The lowest BCUT2D eigenvalue weighted by atomic mass is 10.0. The molecular formula is C14H22BrN3O2S. The minimum absolute atomic E-state index is 0.0206. The number of pyridine rings is 1. The molecule has 2 heterocycles. The van der Waals surface area contributed by atoms with Crippen LogP contribution in [0, 0.1) is 0 Å². The lowest BCUT2D eigenvalue weighted by molar-refractivity contribution is 0.204. The molecule has 118 valence electrons. The van der Waals surface area contributed by atoms with E-state index in [9.17, 15) is 8.42 Å². The van der Waals surface area contributed by atoms with Crippen LogP contribution in [0.4, 0.5) is 5.82 Å². The third kappa shape index (κ3) is 3.40. The van der Waals surface area contributed by atoms with Crippen LogP contribution in [-0.4, -0.2) is 36.3 Å². The molecule has 7 heteroatoms. The Morgan fingerprint density at radius 2 is 2.00 bits per heavy atom. The highest BCUT2D eigenvalue weighted by molar-refractivity contribution is 9.10. The number of halogens is 1. The van der Waals surface area contributed by atoms with E-state index in [4.69, 9.17) is 0 Å². The average Bonchev–Trinajstić information content (AvgIpc) is 2.40. The zero-order chi connectivity index (χ0) is 15.6. The molecule has 21 heavy (non-hydrogen) atoms. The van der Waals surface area contributed by atoms with E-state index >= 15 is 0 Å². The van der Waals surface area contributed by atoms with Gasteiger partial charge in [-0.05, 0) is 55.6 Å². The van der Waals surface area contributed by atoms with Crippen LogP contribution in [0.2, 0.25) is 0 Å². The summed E-state index contributed by atoms with van der Waals surface area (Å²) < 4.78 is 28.5. The van der Waals surface area contributed by atoms with Crippen molar-refractivity contribution in [3.8, 4) is 0 Å². The quantitative estimate of drug-likeness (QED) is 0.877. The van der Waals surface area contributed by atoms with Gasteiger partial charge in [-0.2, -0.15) is 4.31 Å². The van der Waals surface area contributed by atoms with Gasteiger partial charge >= 0.3 is 0 Å². The maximum absolute atomic E-state index is 13.1. The molecule has 1 saturated heterocycles. The molecule has 0 spiro atoms. The molecule has 1 fully saturated rings. The molecule has 5 nitrogen and oxygen atoms in total. The normalized spacial score (nSPS) is 24.0. The number of piperidine rings is 1. The number of aromatic nitrogens is 1. The van der Waals surface area contributed by atoms with E-state index in [-0.39, 0.29) is 17.0 Å². The highest BCUT2D eigenvalue weighted by atomic mass is 79.9. The fourth-order valence-corrected chi connectivity index (χ4v) is 5.42. The van der Waals surface area contributed by atoms with Crippen molar-refractivity contribution in [2.75, 3.05) is 11.9 Å². The first-order valence-corrected chi connectivity index (χ1v) is 9.54.